The molecule has 0 bridgehead atoms. The van der Waals surface area contributed by atoms with Crippen LogP contribution in [0.4, 0.5) is 5.69 Å². The van der Waals surface area contributed by atoms with E-state index in [9.17, 15) is 9.59 Å². The van der Waals surface area contributed by atoms with E-state index in [1.54, 1.807) is 0 Å². The first-order chi connectivity index (χ1) is 11.6. The van der Waals surface area contributed by atoms with E-state index >= 15 is 0 Å². The van der Waals surface area contributed by atoms with Crippen molar-refractivity contribution in [3.8, 4) is 0 Å². The molecule has 4 heteroatoms. The van der Waals surface area contributed by atoms with E-state index in [4.69, 9.17) is 0 Å². The van der Waals surface area contributed by atoms with Crippen LogP contribution in [-0.2, 0) is 9.59 Å². The van der Waals surface area contributed by atoms with Crippen molar-refractivity contribution in [2.24, 2.45) is 11.3 Å². The summed E-state index contributed by atoms with van der Waals surface area (Å²) in [6, 6.07) is 8.17. The number of amides is 2. The van der Waals surface area contributed by atoms with Crippen molar-refractivity contribution in [2.45, 2.75) is 45.4 Å². The van der Waals surface area contributed by atoms with Gasteiger partial charge in [0.1, 0.15) is 0 Å². The van der Waals surface area contributed by atoms with E-state index in [1.165, 1.54) is 18.4 Å². The molecule has 1 aliphatic carbocycles. The van der Waals surface area contributed by atoms with Gasteiger partial charge in [-0.25, -0.2) is 0 Å². The van der Waals surface area contributed by atoms with Gasteiger partial charge in [-0.1, -0.05) is 30.5 Å². The fourth-order valence-electron chi connectivity index (χ4n) is 4.68. The van der Waals surface area contributed by atoms with Gasteiger partial charge in [0.25, 0.3) is 0 Å². The van der Waals surface area contributed by atoms with Gasteiger partial charge in [0.2, 0.25) is 11.8 Å². The molecular weight excluding hydrogens is 300 g/mol. The maximum atomic E-state index is 12.7. The first-order valence-corrected chi connectivity index (χ1v) is 9.22. The van der Waals surface area contributed by atoms with Gasteiger partial charge in [-0.2, -0.15) is 0 Å². The van der Waals surface area contributed by atoms with Gasteiger partial charge in [-0.05, 0) is 38.3 Å². The molecule has 2 aliphatic heterocycles. The topological polar surface area (TPSA) is 40.6 Å². The second-order valence-electron chi connectivity index (χ2n) is 7.98. The molecule has 4 rings (SSSR count). The number of likely N-dealkylation sites (tertiary alicyclic amines) is 1. The van der Waals surface area contributed by atoms with E-state index in [-0.39, 0.29) is 17.2 Å². The van der Waals surface area contributed by atoms with Gasteiger partial charge in [-0.15, -0.1) is 0 Å². The van der Waals surface area contributed by atoms with E-state index in [2.05, 4.69) is 19.1 Å². The Balaban J connectivity index is 1.46. The van der Waals surface area contributed by atoms with Crippen molar-refractivity contribution < 1.29 is 9.59 Å². The molecule has 24 heavy (non-hydrogen) atoms. The number of hydrogen-bond donors (Lipinski definition) is 0. The lowest BCUT2D eigenvalue weighted by atomic mass is 9.86. The van der Waals surface area contributed by atoms with Gasteiger partial charge in [0.15, 0.2) is 0 Å². The number of aryl methyl sites for hydroxylation is 1. The van der Waals surface area contributed by atoms with Crippen LogP contribution in [0.25, 0.3) is 0 Å². The number of rotatable bonds is 2. The Morgan fingerprint density at radius 3 is 2.54 bits per heavy atom. The third-order valence-electron chi connectivity index (χ3n) is 6.12. The SMILES string of the molecule is Cc1ccc(N2C[C@@]3(CCN(C(=O)C4CCCC4)C3)CC2=O)cc1. The molecule has 2 saturated heterocycles. The average Bonchev–Trinajstić information content (AvgIpc) is 3.29. The zero-order valence-electron chi connectivity index (χ0n) is 14.5. The second kappa shape index (κ2) is 5.91. The molecule has 0 aromatic heterocycles. The largest absolute Gasteiger partial charge is 0.342 e. The van der Waals surface area contributed by atoms with Crippen LogP contribution in [0.5, 0.6) is 0 Å². The number of benzene rings is 1. The molecule has 0 radical (unpaired) electrons. The van der Waals surface area contributed by atoms with Crippen LogP contribution in [0.15, 0.2) is 24.3 Å². The fraction of sp³-hybridized carbons (Fsp3) is 0.600. The maximum Gasteiger partial charge on any atom is 0.227 e. The fourth-order valence-corrected chi connectivity index (χ4v) is 4.68. The minimum Gasteiger partial charge on any atom is -0.342 e. The van der Waals surface area contributed by atoms with Crippen LogP contribution in [-0.4, -0.2) is 36.3 Å². The Morgan fingerprint density at radius 2 is 1.83 bits per heavy atom. The molecule has 1 atom stereocenters. The van der Waals surface area contributed by atoms with Gasteiger partial charge < -0.3 is 9.80 Å². The van der Waals surface area contributed by atoms with Gasteiger partial charge in [0.05, 0.1) is 0 Å². The Kier molecular flexibility index (Phi) is 3.86. The molecule has 1 spiro atoms. The quantitative estimate of drug-likeness (QED) is 0.838. The van der Waals surface area contributed by atoms with Crippen LogP contribution < -0.4 is 4.90 Å². The summed E-state index contributed by atoms with van der Waals surface area (Å²) in [6.45, 7) is 4.39. The number of carbonyl (C=O) groups is 2. The van der Waals surface area contributed by atoms with E-state index < -0.39 is 0 Å². The molecule has 4 nitrogen and oxygen atoms in total. The molecule has 128 valence electrons. The molecule has 1 aromatic rings. The minimum absolute atomic E-state index is 0.0315. The first-order valence-electron chi connectivity index (χ1n) is 9.22. The first kappa shape index (κ1) is 15.7. The van der Waals surface area contributed by atoms with Crippen molar-refractivity contribution in [2.75, 3.05) is 24.5 Å². The zero-order chi connectivity index (χ0) is 16.7. The summed E-state index contributed by atoms with van der Waals surface area (Å²) in [5, 5.41) is 0. The number of nitrogens with zero attached hydrogens (tertiary/aromatic N) is 2. The summed E-state index contributed by atoms with van der Waals surface area (Å²) in [6.07, 6.45) is 6.02. The predicted octanol–water partition coefficient (Wildman–Crippen LogP) is 3.14. The lowest BCUT2D eigenvalue weighted by Gasteiger charge is -2.25. The highest BCUT2D eigenvalue weighted by atomic mass is 16.2. The standard InChI is InChI=1S/C20H26N2O2/c1-15-6-8-17(9-7-15)22-14-20(12-18(22)23)10-11-21(13-20)19(24)16-4-2-3-5-16/h6-9,16H,2-5,10-14H2,1H3/t20-/m0/s1. The van der Waals surface area contributed by atoms with Gasteiger partial charge in [0, 0.05) is 43.1 Å². The Hall–Kier alpha value is -1.84. The molecule has 2 amide bonds. The van der Waals surface area contributed by atoms with Crippen molar-refractivity contribution in [1.29, 1.82) is 0 Å². The summed E-state index contributed by atoms with van der Waals surface area (Å²) in [5.74, 6) is 0.782. The smallest absolute Gasteiger partial charge is 0.227 e. The number of anilines is 1. The highest BCUT2D eigenvalue weighted by molar-refractivity contribution is 5.96. The van der Waals surface area contributed by atoms with Crippen LogP contribution in [0.3, 0.4) is 0 Å². The lowest BCUT2D eigenvalue weighted by Crippen LogP contribution is -2.36. The van der Waals surface area contributed by atoms with E-state index in [0.717, 1.165) is 44.6 Å². The highest BCUT2D eigenvalue weighted by Gasteiger charge is 2.49. The van der Waals surface area contributed by atoms with Crippen molar-refractivity contribution in [3.63, 3.8) is 0 Å². The molecular formula is C20H26N2O2. The third-order valence-corrected chi connectivity index (χ3v) is 6.12. The number of hydrogen-bond acceptors (Lipinski definition) is 2. The Labute approximate surface area is 143 Å². The maximum absolute atomic E-state index is 12.7. The van der Waals surface area contributed by atoms with Crippen molar-refractivity contribution in [1.82, 2.24) is 4.90 Å². The molecule has 1 saturated carbocycles. The normalized spacial score (nSPS) is 27.6. The number of carbonyl (C=O) groups excluding carboxylic acids is 2. The molecule has 3 fully saturated rings. The second-order valence-corrected chi connectivity index (χ2v) is 7.98. The third kappa shape index (κ3) is 2.72. The summed E-state index contributed by atoms with van der Waals surface area (Å²) >= 11 is 0. The average molecular weight is 326 g/mol. The van der Waals surface area contributed by atoms with Crippen LogP contribution in [0, 0.1) is 18.3 Å². The summed E-state index contributed by atoms with van der Waals surface area (Å²) in [7, 11) is 0. The Bertz CT molecular complexity index is 648. The van der Waals surface area contributed by atoms with Crippen molar-refractivity contribution >= 4 is 17.5 Å². The van der Waals surface area contributed by atoms with Crippen LogP contribution in [0.1, 0.15) is 44.1 Å². The van der Waals surface area contributed by atoms with Crippen molar-refractivity contribution in [3.05, 3.63) is 29.8 Å². The zero-order valence-corrected chi connectivity index (χ0v) is 14.5. The van der Waals surface area contributed by atoms with E-state index in [1.807, 2.05) is 21.9 Å². The lowest BCUT2D eigenvalue weighted by molar-refractivity contribution is -0.134. The molecule has 0 unspecified atom stereocenters. The van der Waals surface area contributed by atoms with E-state index in [0.29, 0.717) is 12.3 Å². The van der Waals surface area contributed by atoms with Crippen LogP contribution in [0.2, 0.25) is 0 Å². The molecule has 1 aromatic carbocycles. The Morgan fingerprint density at radius 1 is 1.12 bits per heavy atom. The summed E-state index contributed by atoms with van der Waals surface area (Å²) < 4.78 is 0. The molecule has 0 N–H and O–H groups in total. The van der Waals surface area contributed by atoms with Gasteiger partial charge in [-0.3, -0.25) is 9.59 Å². The minimum atomic E-state index is -0.0315. The van der Waals surface area contributed by atoms with Gasteiger partial charge >= 0.3 is 0 Å². The summed E-state index contributed by atoms with van der Waals surface area (Å²) in [4.78, 5) is 29.2. The monoisotopic (exact) mass is 326 g/mol. The van der Waals surface area contributed by atoms with Crippen LogP contribution >= 0.6 is 0 Å². The highest BCUT2D eigenvalue weighted by Crippen LogP contribution is 2.42. The molecule has 2 heterocycles. The predicted molar refractivity (Wildman–Crippen MR) is 93.7 cm³/mol. The molecule has 3 aliphatic rings. The summed E-state index contributed by atoms with van der Waals surface area (Å²) in [5.41, 5.74) is 2.16.